The Bertz CT molecular complexity index is 1660. The Morgan fingerprint density at radius 1 is 0.846 bits per heavy atom. The molecular weight excluding hydrogens is 509 g/mol. The number of carboxylic acid groups (broad SMARTS) is 1. The number of halogens is 3. The van der Waals surface area contributed by atoms with Crippen LogP contribution in [0.3, 0.4) is 0 Å². The van der Waals surface area contributed by atoms with Gasteiger partial charge in [-0.3, -0.25) is 4.79 Å². The van der Waals surface area contributed by atoms with Gasteiger partial charge >= 0.3 is 12.1 Å². The summed E-state index contributed by atoms with van der Waals surface area (Å²) < 4.78 is 40.4. The van der Waals surface area contributed by atoms with Gasteiger partial charge in [0.2, 0.25) is 0 Å². The highest BCUT2D eigenvalue weighted by molar-refractivity contribution is 6.06. The Hall–Kier alpha value is -4.99. The predicted molar refractivity (Wildman–Crippen MR) is 138 cm³/mol. The number of nitrogens with zero attached hydrogens (tertiary/aromatic N) is 3. The molecule has 0 atom stereocenters. The molecule has 0 aliphatic carbocycles. The molecule has 0 fully saturated rings. The van der Waals surface area contributed by atoms with E-state index in [-0.39, 0.29) is 24.2 Å². The predicted octanol–water partition coefficient (Wildman–Crippen LogP) is 5.79. The second kappa shape index (κ2) is 10.4. The highest BCUT2D eigenvalue weighted by atomic mass is 19.4. The molecular formula is C29H21F3N4O3. The number of carboxylic acids is 1. The molecule has 39 heavy (non-hydrogen) atoms. The molecule has 0 saturated carbocycles. The third kappa shape index (κ3) is 5.49. The van der Waals surface area contributed by atoms with E-state index in [4.69, 9.17) is 0 Å². The van der Waals surface area contributed by atoms with Crippen molar-refractivity contribution in [2.45, 2.75) is 19.3 Å². The molecule has 0 unspecified atom stereocenters. The maximum Gasteiger partial charge on any atom is 0.416 e. The van der Waals surface area contributed by atoms with Crippen LogP contribution in [0.4, 0.5) is 13.2 Å². The van der Waals surface area contributed by atoms with Crippen LogP contribution in [0.5, 0.6) is 0 Å². The van der Waals surface area contributed by atoms with Crippen molar-refractivity contribution >= 4 is 22.9 Å². The lowest BCUT2D eigenvalue weighted by Gasteiger charge is -2.12. The first-order valence-electron chi connectivity index (χ1n) is 11.9. The van der Waals surface area contributed by atoms with Gasteiger partial charge in [0, 0.05) is 6.54 Å². The van der Waals surface area contributed by atoms with Crippen molar-refractivity contribution in [2.24, 2.45) is 0 Å². The van der Waals surface area contributed by atoms with E-state index in [1.807, 2.05) is 30.3 Å². The molecule has 1 heterocycles. The molecule has 10 heteroatoms. The number of hydrogen-bond donors (Lipinski definition) is 2. The van der Waals surface area contributed by atoms with Gasteiger partial charge in [0.1, 0.15) is 11.0 Å². The molecule has 0 bridgehead atoms. The maximum absolute atomic E-state index is 13.5. The molecule has 0 aliphatic rings. The summed E-state index contributed by atoms with van der Waals surface area (Å²) in [6.45, 7) is 0.0558. The number of benzene rings is 4. The van der Waals surface area contributed by atoms with Crippen molar-refractivity contribution in [3.8, 4) is 11.1 Å². The Morgan fingerprint density at radius 3 is 2.23 bits per heavy atom. The average molecular weight is 531 g/mol. The van der Waals surface area contributed by atoms with Gasteiger partial charge in [0.25, 0.3) is 5.91 Å². The monoisotopic (exact) mass is 530 g/mol. The van der Waals surface area contributed by atoms with E-state index in [9.17, 15) is 27.9 Å². The molecule has 0 saturated heterocycles. The van der Waals surface area contributed by atoms with Crippen molar-refractivity contribution < 1.29 is 27.9 Å². The largest absolute Gasteiger partial charge is 0.478 e. The molecule has 2 N–H and O–H groups in total. The Kier molecular flexibility index (Phi) is 6.84. The zero-order valence-corrected chi connectivity index (χ0v) is 20.3. The van der Waals surface area contributed by atoms with Gasteiger partial charge in [-0.05, 0) is 52.6 Å². The summed E-state index contributed by atoms with van der Waals surface area (Å²) in [6.07, 6.45) is -4.45. The van der Waals surface area contributed by atoms with Gasteiger partial charge < -0.3 is 10.4 Å². The molecule has 0 aliphatic heterocycles. The fraction of sp³-hybridized carbons (Fsp3) is 0.103. The Morgan fingerprint density at radius 2 is 1.54 bits per heavy atom. The first kappa shape index (κ1) is 25.7. The van der Waals surface area contributed by atoms with Gasteiger partial charge in [0.15, 0.2) is 0 Å². The minimum Gasteiger partial charge on any atom is -0.478 e. The molecule has 1 amide bonds. The normalized spacial score (nSPS) is 11.5. The summed E-state index contributed by atoms with van der Waals surface area (Å²) in [4.78, 5) is 25.1. The van der Waals surface area contributed by atoms with Crippen LogP contribution in [0, 0.1) is 0 Å². The van der Waals surface area contributed by atoms with Crippen LogP contribution in [0.25, 0.3) is 22.2 Å². The minimum absolute atomic E-state index is 0.0289. The average Bonchev–Trinajstić information content (AvgIpc) is 3.34. The van der Waals surface area contributed by atoms with Crippen LogP contribution in [0.1, 0.15) is 37.4 Å². The number of aromatic nitrogens is 3. The molecule has 4 aromatic carbocycles. The third-order valence-corrected chi connectivity index (χ3v) is 6.26. The minimum atomic E-state index is -4.45. The smallest absolute Gasteiger partial charge is 0.416 e. The van der Waals surface area contributed by atoms with Crippen LogP contribution in [-0.4, -0.2) is 32.0 Å². The Balaban J connectivity index is 1.53. The summed E-state index contributed by atoms with van der Waals surface area (Å²) in [5.41, 5.74) is 2.95. The number of carbonyl (C=O) groups excluding carboxylic acids is 1. The zero-order valence-electron chi connectivity index (χ0n) is 20.3. The lowest BCUT2D eigenvalue weighted by Crippen LogP contribution is -2.25. The zero-order chi connectivity index (χ0) is 27.6. The summed E-state index contributed by atoms with van der Waals surface area (Å²) in [7, 11) is 0. The van der Waals surface area contributed by atoms with Gasteiger partial charge in [-0.25, -0.2) is 9.48 Å². The Labute approximate surface area is 220 Å². The maximum atomic E-state index is 13.5. The lowest BCUT2D eigenvalue weighted by atomic mass is 10.0. The molecule has 1 aromatic heterocycles. The van der Waals surface area contributed by atoms with Crippen molar-refractivity contribution in [1.82, 2.24) is 20.3 Å². The first-order valence-corrected chi connectivity index (χ1v) is 11.9. The number of nitrogens with one attached hydrogen (secondary N) is 1. The van der Waals surface area contributed by atoms with Crippen molar-refractivity contribution in [3.63, 3.8) is 0 Å². The van der Waals surface area contributed by atoms with Crippen molar-refractivity contribution in [3.05, 3.63) is 119 Å². The molecule has 7 nitrogen and oxygen atoms in total. The highest BCUT2D eigenvalue weighted by Crippen LogP contribution is 2.30. The molecule has 0 radical (unpaired) electrons. The number of rotatable bonds is 7. The van der Waals surface area contributed by atoms with Crippen LogP contribution >= 0.6 is 0 Å². The van der Waals surface area contributed by atoms with E-state index in [1.54, 1.807) is 30.3 Å². The summed E-state index contributed by atoms with van der Waals surface area (Å²) in [5.74, 6) is -1.58. The van der Waals surface area contributed by atoms with Crippen LogP contribution in [0.15, 0.2) is 91.0 Å². The van der Waals surface area contributed by atoms with Crippen molar-refractivity contribution in [2.75, 3.05) is 0 Å². The second-order valence-electron chi connectivity index (χ2n) is 8.84. The van der Waals surface area contributed by atoms with E-state index in [0.717, 1.165) is 23.3 Å². The van der Waals surface area contributed by atoms with E-state index < -0.39 is 23.6 Å². The van der Waals surface area contributed by atoms with Crippen LogP contribution < -0.4 is 5.32 Å². The highest BCUT2D eigenvalue weighted by Gasteiger charge is 2.30. The standard InChI is InChI=1S/C29H21F3N4O3/c30-29(31,32)22-12-10-18(11-13-22)17-36-26-24(27(37)33-16-20-8-4-5-9-23(20)28(38)39)14-21(15-25(26)34-35-36)19-6-2-1-3-7-19/h1-15H,16-17H2,(H,33,37)(H,38,39). The van der Waals surface area contributed by atoms with E-state index in [0.29, 0.717) is 22.2 Å². The number of carbonyl (C=O) groups is 2. The number of alkyl halides is 3. The number of hydrogen-bond acceptors (Lipinski definition) is 4. The lowest BCUT2D eigenvalue weighted by molar-refractivity contribution is -0.137. The van der Waals surface area contributed by atoms with Gasteiger partial charge in [-0.1, -0.05) is 65.9 Å². The molecule has 5 rings (SSSR count). The third-order valence-electron chi connectivity index (χ3n) is 6.26. The molecule has 196 valence electrons. The first-order chi connectivity index (χ1) is 18.7. The van der Waals surface area contributed by atoms with Gasteiger partial charge in [-0.2, -0.15) is 13.2 Å². The summed E-state index contributed by atoms with van der Waals surface area (Å²) in [6, 6.07) is 23.9. The fourth-order valence-electron chi connectivity index (χ4n) is 4.32. The molecule has 0 spiro atoms. The van der Waals surface area contributed by atoms with E-state index >= 15 is 0 Å². The fourth-order valence-corrected chi connectivity index (χ4v) is 4.32. The van der Waals surface area contributed by atoms with E-state index in [2.05, 4.69) is 15.6 Å². The molecule has 5 aromatic rings. The quantitative estimate of drug-likeness (QED) is 0.278. The topological polar surface area (TPSA) is 97.1 Å². The number of fused-ring (bicyclic) bond motifs is 1. The summed E-state index contributed by atoms with van der Waals surface area (Å²) in [5, 5.41) is 20.7. The SMILES string of the molecule is O=C(O)c1ccccc1CNC(=O)c1cc(-c2ccccc2)cc2nnn(Cc3ccc(C(F)(F)F)cc3)c12. The van der Waals surface area contributed by atoms with Gasteiger partial charge in [-0.15, -0.1) is 5.10 Å². The summed E-state index contributed by atoms with van der Waals surface area (Å²) >= 11 is 0. The van der Waals surface area contributed by atoms with Crippen LogP contribution in [0.2, 0.25) is 0 Å². The van der Waals surface area contributed by atoms with Gasteiger partial charge in [0.05, 0.1) is 23.2 Å². The van der Waals surface area contributed by atoms with Crippen LogP contribution in [-0.2, 0) is 19.3 Å². The second-order valence-corrected chi connectivity index (χ2v) is 8.84. The number of amides is 1. The van der Waals surface area contributed by atoms with E-state index in [1.165, 1.54) is 22.9 Å². The number of aromatic carboxylic acids is 1. The van der Waals surface area contributed by atoms with Crippen molar-refractivity contribution in [1.29, 1.82) is 0 Å².